The van der Waals surface area contributed by atoms with Crippen LogP contribution in [0.25, 0.3) is 10.9 Å². The largest absolute Gasteiger partial charge is 0.497 e. The summed E-state index contributed by atoms with van der Waals surface area (Å²) in [7, 11) is 1.50. The number of hydrazone groups is 1. The normalized spacial score (nSPS) is 19.5. The van der Waals surface area contributed by atoms with Crippen molar-refractivity contribution in [3.8, 4) is 5.75 Å². The second kappa shape index (κ2) is 6.73. The van der Waals surface area contributed by atoms with Gasteiger partial charge in [-0.2, -0.15) is 18.3 Å². The molecule has 2 heterocycles. The third-order valence-corrected chi connectivity index (χ3v) is 4.99. The summed E-state index contributed by atoms with van der Waals surface area (Å²) in [6.07, 6.45) is -5.65. The zero-order valence-electron chi connectivity index (χ0n) is 15.7. The summed E-state index contributed by atoms with van der Waals surface area (Å²) >= 11 is 0. The lowest BCUT2D eigenvalue weighted by Gasteiger charge is -2.33. The minimum Gasteiger partial charge on any atom is -0.497 e. The first kappa shape index (κ1) is 19.2. The number of fused-ring (bicyclic) bond motifs is 1. The fourth-order valence-corrected chi connectivity index (χ4v) is 3.39. The molecular weight excluding hydrogens is 383 g/mol. The Labute approximate surface area is 165 Å². The second-order valence-corrected chi connectivity index (χ2v) is 6.89. The molecule has 1 aliphatic heterocycles. The van der Waals surface area contributed by atoms with Crippen LogP contribution in [0.1, 0.15) is 17.5 Å². The topological polar surface area (TPSA) is 58.0 Å². The molecule has 4 rings (SSSR count). The number of alkyl halides is 3. The highest BCUT2D eigenvalue weighted by molar-refractivity contribution is 6.03. The van der Waals surface area contributed by atoms with Gasteiger partial charge in [-0.05, 0) is 54.4 Å². The van der Waals surface area contributed by atoms with Gasteiger partial charge in [0.1, 0.15) is 5.75 Å². The van der Waals surface area contributed by atoms with Crippen LogP contribution in [-0.4, -0.2) is 34.8 Å². The van der Waals surface area contributed by atoms with Crippen molar-refractivity contribution in [2.45, 2.75) is 25.2 Å². The van der Waals surface area contributed by atoms with Crippen molar-refractivity contribution in [2.24, 2.45) is 5.10 Å². The number of aliphatic hydroxyl groups is 1. The molecule has 0 radical (unpaired) electrons. The Morgan fingerprint density at radius 3 is 2.45 bits per heavy atom. The van der Waals surface area contributed by atoms with E-state index in [1.54, 1.807) is 43.3 Å². The number of nitrogens with zero attached hydrogens (tertiary/aromatic N) is 3. The van der Waals surface area contributed by atoms with E-state index in [1.165, 1.54) is 13.2 Å². The molecule has 2 aromatic carbocycles. The van der Waals surface area contributed by atoms with Crippen LogP contribution < -0.4 is 9.75 Å². The molecule has 1 unspecified atom stereocenters. The van der Waals surface area contributed by atoms with Gasteiger partial charge in [-0.15, -0.1) is 0 Å². The van der Waals surface area contributed by atoms with E-state index in [0.717, 1.165) is 10.9 Å². The van der Waals surface area contributed by atoms with E-state index in [1.807, 2.05) is 12.1 Å². The van der Waals surface area contributed by atoms with Crippen molar-refractivity contribution in [3.05, 3.63) is 65.7 Å². The van der Waals surface area contributed by atoms with Crippen molar-refractivity contribution in [3.63, 3.8) is 0 Å². The zero-order chi connectivity index (χ0) is 20.8. The number of benzene rings is 2. The fraction of sp³-hybridized carbons (Fsp3) is 0.238. The molecule has 1 atom stereocenters. The lowest BCUT2D eigenvalue weighted by Crippen LogP contribution is -2.55. The van der Waals surface area contributed by atoms with Crippen molar-refractivity contribution in [2.75, 3.05) is 12.1 Å². The van der Waals surface area contributed by atoms with Crippen LogP contribution >= 0.6 is 0 Å². The predicted octanol–water partition coefficient (Wildman–Crippen LogP) is 4.42. The minimum absolute atomic E-state index is 0.0652. The Morgan fingerprint density at radius 1 is 1.10 bits per heavy atom. The quantitative estimate of drug-likeness (QED) is 0.706. The molecule has 0 spiro atoms. The molecule has 1 N–H and O–H groups in total. The van der Waals surface area contributed by atoms with E-state index in [9.17, 15) is 18.3 Å². The summed E-state index contributed by atoms with van der Waals surface area (Å²) in [5.74, 6) is 0.506. The highest BCUT2D eigenvalue weighted by Crippen LogP contribution is 2.43. The van der Waals surface area contributed by atoms with Gasteiger partial charge in [-0.25, -0.2) is 9.99 Å². The van der Waals surface area contributed by atoms with E-state index in [4.69, 9.17) is 4.74 Å². The van der Waals surface area contributed by atoms with Gasteiger partial charge in [-0.3, -0.25) is 0 Å². The van der Waals surface area contributed by atoms with Crippen LogP contribution in [-0.2, 0) is 0 Å². The van der Waals surface area contributed by atoms with Crippen LogP contribution in [0.3, 0.4) is 0 Å². The summed E-state index contributed by atoms with van der Waals surface area (Å²) in [6.45, 7) is 1.78. The summed E-state index contributed by atoms with van der Waals surface area (Å²) in [5, 5.41) is 16.2. The van der Waals surface area contributed by atoms with E-state index >= 15 is 0 Å². The van der Waals surface area contributed by atoms with E-state index in [2.05, 4.69) is 10.1 Å². The van der Waals surface area contributed by atoms with Crippen molar-refractivity contribution in [1.82, 2.24) is 4.98 Å². The van der Waals surface area contributed by atoms with Gasteiger partial charge < -0.3 is 9.84 Å². The molecule has 150 valence electrons. The summed E-state index contributed by atoms with van der Waals surface area (Å²) in [6, 6.07) is 15.1. The van der Waals surface area contributed by atoms with E-state index in [0.29, 0.717) is 21.8 Å². The number of pyridine rings is 1. The molecule has 1 aliphatic rings. The number of aryl methyl sites for hydroxylation is 1. The molecule has 0 saturated heterocycles. The number of hydrogen-bond donors (Lipinski definition) is 1. The first-order valence-electron chi connectivity index (χ1n) is 8.90. The predicted molar refractivity (Wildman–Crippen MR) is 104 cm³/mol. The second-order valence-electron chi connectivity index (χ2n) is 6.89. The zero-order valence-corrected chi connectivity index (χ0v) is 15.7. The Morgan fingerprint density at radius 2 is 1.79 bits per heavy atom. The van der Waals surface area contributed by atoms with Crippen molar-refractivity contribution < 1.29 is 23.0 Å². The molecular formula is C21H18F3N3O2. The Hall–Kier alpha value is -3.13. The number of anilines is 1. The third-order valence-electron chi connectivity index (χ3n) is 4.99. The third kappa shape index (κ3) is 3.19. The van der Waals surface area contributed by atoms with Crippen LogP contribution in [0.4, 0.5) is 19.0 Å². The number of halogens is 3. The highest BCUT2D eigenvalue weighted by Gasteiger charge is 2.62. The molecule has 1 aromatic heterocycles. The summed E-state index contributed by atoms with van der Waals surface area (Å²) < 4.78 is 46.8. The van der Waals surface area contributed by atoms with Crippen molar-refractivity contribution in [1.29, 1.82) is 0 Å². The van der Waals surface area contributed by atoms with Crippen LogP contribution in [0.5, 0.6) is 5.75 Å². The molecule has 0 amide bonds. The minimum atomic E-state index is -4.94. The molecule has 0 bridgehead atoms. The molecule has 5 nitrogen and oxygen atoms in total. The first-order chi connectivity index (χ1) is 13.7. The summed E-state index contributed by atoms with van der Waals surface area (Å²) in [5.41, 5.74) is -1.35. The smallest absolute Gasteiger partial charge is 0.438 e. The SMILES string of the molecule is COc1ccc(C2=NN(c3cc(C)c4ccccc4n3)C(O)(C(F)(F)F)C2)cc1. The van der Waals surface area contributed by atoms with Gasteiger partial charge in [-0.1, -0.05) is 18.2 Å². The monoisotopic (exact) mass is 401 g/mol. The number of ether oxygens (including phenoxy) is 1. The number of rotatable bonds is 3. The lowest BCUT2D eigenvalue weighted by molar-refractivity contribution is -0.254. The van der Waals surface area contributed by atoms with Gasteiger partial charge in [0.15, 0.2) is 5.82 Å². The van der Waals surface area contributed by atoms with Gasteiger partial charge in [0.25, 0.3) is 5.72 Å². The maximum Gasteiger partial charge on any atom is 0.438 e. The Balaban J connectivity index is 1.84. The number of para-hydroxylation sites is 1. The standard InChI is InChI=1S/C21H18F3N3O2/c1-13-11-19(25-17-6-4-3-5-16(13)17)27-20(28,21(22,23)24)12-18(26-27)14-7-9-15(29-2)10-8-14/h3-11,28H,12H2,1-2H3. The van der Waals surface area contributed by atoms with Gasteiger partial charge >= 0.3 is 6.18 Å². The highest BCUT2D eigenvalue weighted by atomic mass is 19.4. The van der Waals surface area contributed by atoms with Crippen LogP contribution in [0.2, 0.25) is 0 Å². The molecule has 29 heavy (non-hydrogen) atoms. The number of aromatic nitrogens is 1. The first-order valence-corrected chi connectivity index (χ1v) is 8.90. The van der Waals surface area contributed by atoms with E-state index < -0.39 is 18.3 Å². The van der Waals surface area contributed by atoms with Gasteiger partial charge in [0.05, 0.1) is 24.8 Å². The Kier molecular flexibility index (Phi) is 4.46. The summed E-state index contributed by atoms with van der Waals surface area (Å²) in [4.78, 5) is 4.32. The van der Waals surface area contributed by atoms with Gasteiger partial charge in [0, 0.05) is 5.39 Å². The maximum atomic E-state index is 13.9. The van der Waals surface area contributed by atoms with E-state index in [-0.39, 0.29) is 11.5 Å². The average molecular weight is 401 g/mol. The molecule has 0 fully saturated rings. The molecule has 8 heteroatoms. The lowest BCUT2D eigenvalue weighted by atomic mass is 10.0. The number of hydrogen-bond acceptors (Lipinski definition) is 5. The average Bonchev–Trinajstić information content (AvgIpc) is 3.07. The van der Waals surface area contributed by atoms with Gasteiger partial charge in [0.2, 0.25) is 0 Å². The Bertz CT molecular complexity index is 1100. The van der Waals surface area contributed by atoms with Crippen molar-refractivity contribution >= 4 is 22.4 Å². The van der Waals surface area contributed by atoms with Crippen LogP contribution in [0.15, 0.2) is 59.7 Å². The fourth-order valence-electron chi connectivity index (χ4n) is 3.39. The molecule has 0 aliphatic carbocycles. The van der Waals surface area contributed by atoms with Crippen LogP contribution in [0, 0.1) is 6.92 Å². The maximum absolute atomic E-state index is 13.9. The number of methoxy groups -OCH3 is 1. The molecule has 3 aromatic rings. The molecule has 0 saturated carbocycles.